The van der Waals surface area contributed by atoms with Crippen LogP contribution < -0.4 is 0 Å². The van der Waals surface area contributed by atoms with Crippen LogP contribution >= 0.6 is 11.6 Å². The van der Waals surface area contributed by atoms with Gasteiger partial charge in [0.25, 0.3) is 0 Å². The van der Waals surface area contributed by atoms with E-state index in [-0.39, 0.29) is 6.10 Å². The van der Waals surface area contributed by atoms with Crippen LogP contribution in [0, 0.1) is 6.92 Å². The van der Waals surface area contributed by atoms with Crippen molar-refractivity contribution in [3.8, 4) is 0 Å². The molecule has 3 rings (SSSR count). The first-order valence-electron chi connectivity index (χ1n) is 7.39. The molecule has 0 unspecified atom stereocenters. The first kappa shape index (κ1) is 16.5. The van der Waals surface area contributed by atoms with Crippen molar-refractivity contribution >= 4 is 21.6 Å². The van der Waals surface area contributed by atoms with Crippen LogP contribution in [0.25, 0.3) is 0 Å². The van der Waals surface area contributed by atoms with Crippen molar-refractivity contribution in [2.75, 3.05) is 13.1 Å². The Balaban J connectivity index is 1.59. The summed E-state index contributed by atoms with van der Waals surface area (Å²) < 4.78 is 32.3. The Hall–Kier alpha value is -1.40. The van der Waals surface area contributed by atoms with Crippen molar-refractivity contribution in [2.45, 2.75) is 24.5 Å². The van der Waals surface area contributed by atoms with E-state index in [1.165, 1.54) is 4.31 Å². The number of sulfonamides is 1. The number of hydrogen-bond acceptors (Lipinski definition) is 3. The van der Waals surface area contributed by atoms with Gasteiger partial charge in [-0.1, -0.05) is 48.0 Å². The van der Waals surface area contributed by atoms with Gasteiger partial charge in [-0.15, -0.1) is 0 Å². The van der Waals surface area contributed by atoms with Crippen molar-refractivity contribution in [3.63, 3.8) is 0 Å². The summed E-state index contributed by atoms with van der Waals surface area (Å²) in [7, 11) is -3.43. The molecule has 1 heterocycles. The van der Waals surface area contributed by atoms with E-state index >= 15 is 0 Å². The quantitative estimate of drug-likeness (QED) is 0.830. The summed E-state index contributed by atoms with van der Waals surface area (Å²) in [5.74, 6) is 0. The second-order valence-electron chi connectivity index (χ2n) is 5.61. The number of ether oxygens (including phenoxy) is 1. The zero-order valence-corrected chi connectivity index (χ0v) is 14.3. The Labute approximate surface area is 141 Å². The molecular formula is C17H18ClNO3S. The summed E-state index contributed by atoms with van der Waals surface area (Å²) >= 11 is 6.08. The van der Waals surface area contributed by atoms with Crippen LogP contribution in [-0.2, 0) is 21.4 Å². The van der Waals surface area contributed by atoms with E-state index in [1.54, 1.807) is 25.1 Å². The molecule has 122 valence electrons. The molecule has 1 aliphatic heterocycles. The van der Waals surface area contributed by atoms with Gasteiger partial charge in [-0.25, -0.2) is 8.42 Å². The van der Waals surface area contributed by atoms with Gasteiger partial charge in [0, 0.05) is 18.1 Å². The maximum Gasteiger partial charge on any atom is 0.243 e. The minimum Gasteiger partial charge on any atom is -0.371 e. The molecule has 1 aliphatic rings. The van der Waals surface area contributed by atoms with E-state index in [2.05, 4.69) is 0 Å². The van der Waals surface area contributed by atoms with Gasteiger partial charge < -0.3 is 4.74 Å². The predicted octanol–water partition coefficient (Wildman–Crippen LogP) is 3.24. The number of rotatable bonds is 5. The summed E-state index contributed by atoms with van der Waals surface area (Å²) in [5, 5.41) is 0.663. The van der Waals surface area contributed by atoms with E-state index in [0.717, 1.165) is 11.1 Å². The maximum absolute atomic E-state index is 12.6. The van der Waals surface area contributed by atoms with Gasteiger partial charge in [0.15, 0.2) is 0 Å². The van der Waals surface area contributed by atoms with E-state index < -0.39 is 10.0 Å². The molecule has 0 spiro atoms. The van der Waals surface area contributed by atoms with E-state index in [9.17, 15) is 8.42 Å². The van der Waals surface area contributed by atoms with Crippen molar-refractivity contribution in [1.29, 1.82) is 0 Å². The number of nitrogens with zero attached hydrogens (tertiary/aromatic N) is 1. The van der Waals surface area contributed by atoms with Gasteiger partial charge in [0.1, 0.15) is 0 Å². The van der Waals surface area contributed by atoms with Gasteiger partial charge in [-0.2, -0.15) is 4.31 Å². The lowest BCUT2D eigenvalue weighted by Crippen LogP contribution is -2.54. The molecule has 0 aliphatic carbocycles. The van der Waals surface area contributed by atoms with Crippen LogP contribution in [-0.4, -0.2) is 31.9 Å². The Kier molecular flexibility index (Phi) is 4.73. The maximum atomic E-state index is 12.6. The fourth-order valence-electron chi connectivity index (χ4n) is 2.51. The Morgan fingerprint density at radius 3 is 2.48 bits per heavy atom. The number of benzene rings is 2. The number of hydrogen-bond donors (Lipinski definition) is 0. The highest BCUT2D eigenvalue weighted by Gasteiger charge is 2.37. The summed E-state index contributed by atoms with van der Waals surface area (Å²) in [6.45, 7) is 2.95. The summed E-state index contributed by atoms with van der Waals surface area (Å²) in [5.41, 5.74) is 1.67. The van der Waals surface area contributed by atoms with Crippen molar-refractivity contribution in [3.05, 3.63) is 64.7 Å². The van der Waals surface area contributed by atoms with Crippen LogP contribution in [0.15, 0.2) is 53.4 Å². The molecule has 1 fully saturated rings. The monoisotopic (exact) mass is 351 g/mol. The summed E-state index contributed by atoms with van der Waals surface area (Å²) in [6, 6.07) is 14.5. The average molecular weight is 352 g/mol. The second kappa shape index (κ2) is 6.61. The lowest BCUT2D eigenvalue weighted by atomic mass is 10.2. The Morgan fingerprint density at radius 1 is 1.13 bits per heavy atom. The first-order valence-corrected chi connectivity index (χ1v) is 9.21. The molecule has 0 saturated carbocycles. The molecule has 23 heavy (non-hydrogen) atoms. The van der Waals surface area contributed by atoms with Crippen LogP contribution in [0.3, 0.4) is 0 Å². The summed E-state index contributed by atoms with van der Waals surface area (Å²) in [4.78, 5) is 0.365. The lowest BCUT2D eigenvalue weighted by Gasteiger charge is -2.38. The van der Waals surface area contributed by atoms with E-state index in [1.807, 2.05) is 30.3 Å². The highest BCUT2D eigenvalue weighted by Crippen LogP contribution is 2.26. The molecule has 0 amide bonds. The molecule has 2 aromatic rings. The largest absolute Gasteiger partial charge is 0.371 e. The van der Waals surface area contributed by atoms with Crippen LogP contribution in [0.2, 0.25) is 5.02 Å². The normalized spacial score (nSPS) is 16.3. The topological polar surface area (TPSA) is 46.6 Å². The molecule has 0 atom stereocenters. The number of halogens is 1. The van der Waals surface area contributed by atoms with Crippen molar-refractivity contribution < 1.29 is 13.2 Å². The second-order valence-corrected chi connectivity index (χ2v) is 7.93. The smallest absolute Gasteiger partial charge is 0.243 e. The fourth-order valence-corrected chi connectivity index (χ4v) is 4.43. The molecule has 0 radical (unpaired) electrons. The Bertz CT molecular complexity index is 801. The fraction of sp³-hybridized carbons (Fsp3) is 0.294. The predicted molar refractivity (Wildman–Crippen MR) is 90.0 cm³/mol. The molecule has 0 N–H and O–H groups in total. The Morgan fingerprint density at radius 2 is 1.78 bits per heavy atom. The summed E-state index contributed by atoms with van der Waals surface area (Å²) in [6.07, 6.45) is -0.0925. The van der Waals surface area contributed by atoms with Gasteiger partial charge in [-0.05, 0) is 30.2 Å². The van der Waals surface area contributed by atoms with Crippen LogP contribution in [0.5, 0.6) is 0 Å². The molecule has 1 saturated heterocycles. The van der Waals surface area contributed by atoms with Crippen molar-refractivity contribution in [2.24, 2.45) is 0 Å². The minimum atomic E-state index is -3.43. The third-order valence-corrected chi connectivity index (χ3v) is 6.32. The average Bonchev–Trinajstić information content (AvgIpc) is 2.47. The van der Waals surface area contributed by atoms with Gasteiger partial charge in [-0.3, -0.25) is 0 Å². The van der Waals surface area contributed by atoms with Crippen molar-refractivity contribution in [1.82, 2.24) is 4.31 Å². The van der Waals surface area contributed by atoms with Crippen LogP contribution in [0.1, 0.15) is 11.1 Å². The third-order valence-electron chi connectivity index (χ3n) is 3.96. The highest BCUT2D eigenvalue weighted by molar-refractivity contribution is 7.89. The molecule has 6 heteroatoms. The van der Waals surface area contributed by atoms with Gasteiger partial charge in [0.05, 0.1) is 17.6 Å². The van der Waals surface area contributed by atoms with Gasteiger partial charge in [0.2, 0.25) is 10.0 Å². The van der Waals surface area contributed by atoms with E-state index in [4.69, 9.17) is 16.3 Å². The number of aryl methyl sites for hydroxylation is 1. The standard InChI is InChI=1S/C17H18ClNO3S/c1-13-6-2-5-9-17(13)23(20,21)19-10-15(11-19)22-12-14-7-3-4-8-16(14)18/h2-9,15H,10-12H2,1H3. The zero-order chi connectivity index (χ0) is 16.4. The molecule has 2 aromatic carbocycles. The molecular weight excluding hydrogens is 334 g/mol. The highest BCUT2D eigenvalue weighted by atomic mass is 35.5. The molecule has 4 nitrogen and oxygen atoms in total. The molecule has 0 aromatic heterocycles. The van der Waals surface area contributed by atoms with Gasteiger partial charge >= 0.3 is 0 Å². The van der Waals surface area contributed by atoms with Crippen LogP contribution in [0.4, 0.5) is 0 Å². The third kappa shape index (κ3) is 3.43. The van der Waals surface area contributed by atoms with E-state index in [0.29, 0.717) is 29.6 Å². The zero-order valence-electron chi connectivity index (χ0n) is 12.8. The minimum absolute atomic E-state index is 0.0925. The molecule has 0 bridgehead atoms. The lowest BCUT2D eigenvalue weighted by molar-refractivity contribution is -0.0295. The first-order chi connectivity index (χ1) is 11.0. The SMILES string of the molecule is Cc1ccccc1S(=O)(=O)N1CC(OCc2ccccc2Cl)C1.